The van der Waals surface area contributed by atoms with Crippen molar-refractivity contribution in [1.29, 1.82) is 0 Å². The van der Waals surface area contributed by atoms with E-state index in [0.717, 1.165) is 37.4 Å². The van der Waals surface area contributed by atoms with Gasteiger partial charge < -0.3 is 10.1 Å². The van der Waals surface area contributed by atoms with E-state index < -0.39 is 0 Å². The lowest BCUT2D eigenvalue weighted by Crippen LogP contribution is -2.21. The standard InChI is InChI=1S/C12H22N2O/c1-5-6-12(3)14-10-11(2)9-13-7-8-15-4/h6,10,13H,2,5,7-9H2,1,3-4H3/b12-6-,14-10?. The SMILES string of the molecule is C=C(C=N/C(C)=C\CC)CNCCOC. The number of aliphatic imine (C=N–C) groups is 1. The fourth-order valence-corrected chi connectivity index (χ4v) is 1.01. The predicted molar refractivity (Wildman–Crippen MR) is 66.4 cm³/mol. The average molecular weight is 210 g/mol. The van der Waals surface area contributed by atoms with Gasteiger partial charge in [0.05, 0.1) is 6.61 Å². The van der Waals surface area contributed by atoms with E-state index >= 15 is 0 Å². The molecule has 0 unspecified atom stereocenters. The molecule has 3 heteroatoms. The molecule has 0 aromatic rings. The lowest BCUT2D eigenvalue weighted by Gasteiger charge is -2.02. The molecular formula is C12H22N2O. The quantitative estimate of drug-likeness (QED) is 0.492. The van der Waals surface area contributed by atoms with Gasteiger partial charge in [-0.1, -0.05) is 19.6 Å². The highest BCUT2D eigenvalue weighted by Gasteiger charge is 1.89. The molecule has 0 atom stereocenters. The highest BCUT2D eigenvalue weighted by molar-refractivity contribution is 5.78. The lowest BCUT2D eigenvalue weighted by atomic mass is 10.3. The number of rotatable bonds is 8. The van der Waals surface area contributed by atoms with E-state index in [9.17, 15) is 0 Å². The third-order valence-electron chi connectivity index (χ3n) is 1.79. The highest BCUT2D eigenvalue weighted by atomic mass is 16.5. The van der Waals surface area contributed by atoms with Gasteiger partial charge in [0.15, 0.2) is 0 Å². The number of ether oxygens (including phenoxy) is 1. The Morgan fingerprint density at radius 3 is 2.87 bits per heavy atom. The van der Waals surface area contributed by atoms with Crippen LogP contribution in [0.3, 0.4) is 0 Å². The first-order valence-corrected chi connectivity index (χ1v) is 5.29. The fraction of sp³-hybridized carbons (Fsp3) is 0.583. The zero-order valence-corrected chi connectivity index (χ0v) is 10.0. The van der Waals surface area contributed by atoms with Crippen LogP contribution in [0.1, 0.15) is 20.3 Å². The van der Waals surface area contributed by atoms with E-state index in [1.54, 1.807) is 13.3 Å². The number of nitrogens with zero attached hydrogens (tertiary/aromatic N) is 1. The Labute approximate surface area is 92.9 Å². The molecule has 0 aromatic heterocycles. The zero-order valence-electron chi connectivity index (χ0n) is 10.0. The van der Waals surface area contributed by atoms with Crippen LogP contribution in [0.25, 0.3) is 0 Å². The molecule has 0 aliphatic heterocycles. The molecule has 86 valence electrons. The number of allylic oxidation sites excluding steroid dienone is 2. The Bertz CT molecular complexity index is 232. The van der Waals surface area contributed by atoms with Crippen LogP contribution in [0, 0.1) is 0 Å². The van der Waals surface area contributed by atoms with Gasteiger partial charge in [0.2, 0.25) is 0 Å². The van der Waals surface area contributed by atoms with Crippen molar-refractivity contribution < 1.29 is 4.74 Å². The van der Waals surface area contributed by atoms with Gasteiger partial charge in [0, 0.05) is 32.1 Å². The maximum absolute atomic E-state index is 4.92. The maximum Gasteiger partial charge on any atom is 0.0587 e. The number of hydrogen-bond acceptors (Lipinski definition) is 3. The Morgan fingerprint density at radius 2 is 2.27 bits per heavy atom. The van der Waals surface area contributed by atoms with Crippen molar-refractivity contribution in [1.82, 2.24) is 5.32 Å². The molecule has 1 N–H and O–H groups in total. The molecule has 0 amide bonds. The molecule has 3 nitrogen and oxygen atoms in total. The predicted octanol–water partition coefficient (Wildman–Crippen LogP) is 2.16. The van der Waals surface area contributed by atoms with Crippen molar-refractivity contribution in [2.24, 2.45) is 4.99 Å². The zero-order chi connectivity index (χ0) is 11.5. The van der Waals surface area contributed by atoms with Crippen LogP contribution in [0.4, 0.5) is 0 Å². The normalized spacial score (nSPS) is 12.3. The largest absolute Gasteiger partial charge is 0.383 e. The average Bonchev–Trinajstić information content (AvgIpc) is 2.22. The molecule has 0 saturated carbocycles. The molecule has 0 spiro atoms. The molecule has 0 saturated heterocycles. The highest BCUT2D eigenvalue weighted by Crippen LogP contribution is 1.96. The first-order chi connectivity index (χ1) is 7.20. The van der Waals surface area contributed by atoms with Crippen molar-refractivity contribution in [3.63, 3.8) is 0 Å². The summed E-state index contributed by atoms with van der Waals surface area (Å²) in [6, 6.07) is 0. The minimum atomic E-state index is 0.721. The molecular weight excluding hydrogens is 188 g/mol. The first kappa shape index (κ1) is 14.1. The van der Waals surface area contributed by atoms with Gasteiger partial charge in [-0.3, -0.25) is 4.99 Å². The van der Waals surface area contributed by atoms with Crippen LogP contribution in [-0.2, 0) is 4.74 Å². The van der Waals surface area contributed by atoms with E-state index in [4.69, 9.17) is 4.74 Å². The van der Waals surface area contributed by atoms with Crippen molar-refractivity contribution in [3.8, 4) is 0 Å². The second kappa shape index (κ2) is 9.62. The number of hydrogen-bond donors (Lipinski definition) is 1. The molecule has 0 rings (SSSR count). The molecule has 0 bridgehead atoms. The second-order valence-corrected chi connectivity index (χ2v) is 3.34. The fourth-order valence-electron chi connectivity index (χ4n) is 1.01. The van der Waals surface area contributed by atoms with Crippen molar-refractivity contribution in [3.05, 3.63) is 23.9 Å². The Hall–Kier alpha value is -0.930. The Morgan fingerprint density at radius 1 is 1.53 bits per heavy atom. The van der Waals surface area contributed by atoms with Gasteiger partial charge in [-0.2, -0.15) is 0 Å². The summed E-state index contributed by atoms with van der Waals surface area (Å²) in [5.41, 5.74) is 2.02. The summed E-state index contributed by atoms with van der Waals surface area (Å²) in [6.45, 7) is 10.3. The van der Waals surface area contributed by atoms with Gasteiger partial charge >= 0.3 is 0 Å². The van der Waals surface area contributed by atoms with Crippen LogP contribution in [0.5, 0.6) is 0 Å². The van der Waals surface area contributed by atoms with Crippen LogP contribution < -0.4 is 5.32 Å². The van der Waals surface area contributed by atoms with Gasteiger partial charge in [-0.05, 0) is 18.9 Å². The van der Waals surface area contributed by atoms with Gasteiger partial charge in [0.1, 0.15) is 0 Å². The molecule has 15 heavy (non-hydrogen) atoms. The van der Waals surface area contributed by atoms with E-state index in [2.05, 4.69) is 29.9 Å². The lowest BCUT2D eigenvalue weighted by molar-refractivity contribution is 0.200. The van der Waals surface area contributed by atoms with Crippen LogP contribution in [0.15, 0.2) is 28.9 Å². The van der Waals surface area contributed by atoms with Crippen molar-refractivity contribution >= 4 is 6.21 Å². The maximum atomic E-state index is 4.92. The second-order valence-electron chi connectivity index (χ2n) is 3.34. The van der Waals surface area contributed by atoms with Crippen molar-refractivity contribution in [2.45, 2.75) is 20.3 Å². The third kappa shape index (κ3) is 9.38. The van der Waals surface area contributed by atoms with Gasteiger partial charge in [0.25, 0.3) is 0 Å². The smallest absolute Gasteiger partial charge is 0.0587 e. The van der Waals surface area contributed by atoms with Crippen molar-refractivity contribution in [2.75, 3.05) is 26.8 Å². The van der Waals surface area contributed by atoms with E-state index in [1.807, 2.05) is 6.92 Å². The van der Waals surface area contributed by atoms with Gasteiger partial charge in [-0.25, -0.2) is 0 Å². The molecule has 0 radical (unpaired) electrons. The summed E-state index contributed by atoms with van der Waals surface area (Å²) in [7, 11) is 1.69. The first-order valence-electron chi connectivity index (χ1n) is 5.29. The minimum Gasteiger partial charge on any atom is -0.383 e. The summed E-state index contributed by atoms with van der Waals surface area (Å²) < 4.78 is 4.92. The number of nitrogens with one attached hydrogen (secondary N) is 1. The van der Waals surface area contributed by atoms with Crippen LogP contribution in [0.2, 0.25) is 0 Å². The van der Waals surface area contributed by atoms with E-state index in [1.165, 1.54) is 0 Å². The topological polar surface area (TPSA) is 33.6 Å². The molecule has 0 aliphatic rings. The molecule has 0 heterocycles. The molecule has 0 aliphatic carbocycles. The summed E-state index contributed by atoms with van der Waals surface area (Å²) in [5, 5.41) is 3.21. The Kier molecular flexibility index (Phi) is 9.02. The van der Waals surface area contributed by atoms with E-state index in [-0.39, 0.29) is 0 Å². The summed E-state index contributed by atoms with van der Waals surface area (Å²) in [4.78, 5) is 4.28. The van der Waals surface area contributed by atoms with E-state index in [0.29, 0.717) is 0 Å². The summed E-state index contributed by atoms with van der Waals surface area (Å²) in [6.07, 6.45) is 4.91. The molecule has 0 aromatic carbocycles. The summed E-state index contributed by atoms with van der Waals surface area (Å²) >= 11 is 0. The van der Waals surface area contributed by atoms with Gasteiger partial charge in [-0.15, -0.1) is 0 Å². The van der Waals surface area contributed by atoms with Crippen LogP contribution in [-0.4, -0.2) is 33.0 Å². The monoisotopic (exact) mass is 210 g/mol. The summed E-state index contributed by atoms with van der Waals surface area (Å²) in [5.74, 6) is 0. The van der Waals surface area contributed by atoms with Crippen LogP contribution >= 0.6 is 0 Å². The Balaban J connectivity index is 3.69. The number of methoxy groups -OCH3 is 1. The third-order valence-corrected chi connectivity index (χ3v) is 1.79. The molecule has 0 fully saturated rings. The minimum absolute atomic E-state index is 0.721.